The van der Waals surface area contributed by atoms with Gasteiger partial charge in [0.05, 0.1) is 22.6 Å². The van der Waals surface area contributed by atoms with Crippen LogP contribution < -0.4 is 16.0 Å². The topological polar surface area (TPSA) is 88.1 Å². The summed E-state index contributed by atoms with van der Waals surface area (Å²) in [6.45, 7) is 3.68. The van der Waals surface area contributed by atoms with Crippen molar-refractivity contribution in [3.05, 3.63) is 102 Å². The number of aromatic nitrogens is 2. The van der Waals surface area contributed by atoms with Crippen LogP contribution in [0.2, 0.25) is 0 Å². The molecule has 3 N–H and O–H groups in total. The van der Waals surface area contributed by atoms with Crippen LogP contribution in [0.25, 0.3) is 5.69 Å². The molecular formula is C25H23N5O2. The summed E-state index contributed by atoms with van der Waals surface area (Å²) in [5.41, 5.74) is 4.62. The zero-order valence-electron chi connectivity index (χ0n) is 17.8. The van der Waals surface area contributed by atoms with Crippen LogP contribution in [0, 0.1) is 13.8 Å². The molecular weight excluding hydrogens is 402 g/mol. The summed E-state index contributed by atoms with van der Waals surface area (Å²) in [6.07, 6.45) is 0. The van der Waals surface area contributed by atoms with Gasteiger partial charge in [0.2, 0.25) is 0 Å². The third-order valence-corrected chi connectivity index (χ3v) is 4.93. The highest BCUT2D eigenvalue weighted by Gasteiger charge is 2.19. The zero-order valence-corrected chi connectivity index (χ0v) is 17.8. The first kappa shape index (κ1) is 20.9. The molecule has 0 aliphatic heterocycles. The Hall–Kier alpha value is -4.39. The maximum absolute atomic E-state index is 13.0. The van der Waals surface area contributed by atoms with Gasteiger partial charge in [-0.05, 0) is 56.3 Å². The number of hydrogen-bond acceptors (Lipinski definition) is 3. The van der Waals surface area contributed by atoms with Crippen molar-refractivity contribution in [2.75, 3.05) is 16.0 Å². The van der Waals surface area contributed by atoms with E-state index in [9.17, 15) is 9.59 Å². The van der Waals surface area contributed by atoms with E-state index in [1.54, 1.807) is 41.1 Å². The molecule has 4 rings (SSSR count). The van der Waals surface area contributed by atoms with E-state index < -0.39 is 0 Å². The van der Waals surface area contributed by atoms with Crippen LogP contribution in [0.15, 0.2) is 84.9 Å². The van der Waals surface area contributed by atoms with Crippen molar-refractivity contribution in [3.8, 4) is 5.69 Å². The van der Waals surface area contributed by atoms with Gasteiger partial charge in [-0.25, -0.2) is 9.48 Å². The van der Waals surface area contributed by atoms with Crippen molar-refractivity contribution >= 4 is 29.0 Å². The van der Waals surface area contributed by atoms with E-state index in [1.165, 1.54) is 0 Å². The Labute approximate surface area is 186 Å². The van der Waals surface area contributed by atoms with Crippen molar-refractivity contribution in [2.45, 2.75) is 13.8 Å². The van der Waals surface area contributed by atoms with Crippen LogP contribution in [-0.2, 0) is 0 Å². The second kappa shape index (κ2) is 9.18. The SMILES string of the molecule is Cc1nn(-c2ccccc2)c(C)c1C(=O)Nc1cccc(NC(=O)Nc2ccccc2)c1. The van der Waals surface area contributed by atoms with Crippen molar-refractivity contribution in [1.29, 1.82) is 0 Å². The minimum atomic E-state index is -0.365. The van der Waals surface area contributed by atoms with Crippen LogP contribution in [0.3, 0.4) is 0 Å². The minimum Gasteiger partial charge on any atom is -0.322 e. The number of urea groups is 1. The molecule has 3 aromatic carbocycles. The smallest absolute Gasteiger partial charge is 0.322 e. The molecule has 0 radical (unpaired) electrons. The predicted molar refractivity (Wildman–Crippen MR) is 127 cm³/mol. The lowest BCUT2D eigenvalue weighted by Gasteiger charge is -2.10. The molecule has 1 heterocycles. The first-order valence-electron chi connectivity index (χ1n) is 10.2. The minimum absolute atomic E-state index is 0.256. The molecule has 0 aliphatic rings. The van der Waals surface area contributed by atoms with Gasteiger partial charge in [0, 0.05) is 17.1 Å². The third-order valence-electron chi connectivity index (χ3n) is 4.93. The van der Waals surface area contributed by atoms with E-state index in [4.69, 9.17) is 0 Å². The van der Waals surface area contributed by atoms with E-state index in [1.807, 2.05) is 62.4 Å². The van der Waals surface area contributed by atoms with Gasteiger partial charge in [0.25, 0.3) is 5.91 Å². The quantitative estimate of drug-likeness (QED) is 0.401. The molecule has 0 spiro atoms. The highest BCUT2D eigenvalue weighted by Crippen LogP contribution is 2.21. The predicted octanol–water partition coefficient (Wildman–Crippen LogP) is 5.39. The van der Waals surface area contributed by atoms with Crippen LogP contribution in [0.1, 0.15) is 21.7 Å². The van der Waals surface area contributed by atoms with Gasteiger partial charge >= 0.3 is 6.03 Å². The first-order chi connectivity index (χ1) is 15.5. The lowest BCUT2D eigenvalue weighted by atomic mass is 10.1. The van der Waals surface area contributed by atoms with Gasteiger partial charge in [0.15, 0.2) is 0 Å². The summed E-state index contributed by atoms with van der Waals surface area (Å²) >= 11 is 0. The van der Waals surface area contributed by atoms with Crippen LogP contribution in [0.4, 0.5) is 21.9 Å². The fourth-order valence-electron chi connectivity index (χ4n) is 3.48. The second-order valence-electron chi connectivity index (χ2n) is 7.27. The number of aryl methyl sites for hydroxylation is 1. The van der Waals surface area contributed by atoms with Crippen LogP contribution >= 0.6 is 0 Å². The third kappa shape index (κ3) is 4.67. The lowest BCUT2D eigenvalue weighted by Crippen LogP contribution is -2.19. The Morgan fingerprint density at radius 1 is 0.719 bits per heavy atom. The molecule has 7 heteroatoms. The molecule has 3 amide bonds. The highest BCUT2D eigenvalue weighted by molar-refractivity contribution is 6.06. The summed E-state index contributed by atoms with van der Waals surface area (Å²) in [7, 11) is 0. The summed E-state index contributed by atoms with van der Waals surface area (Å²) in [5, 5.41) is 13.0. The Morgan fingerprint density at radius 2 is 1.28 bits per heavy atom. The lowest BCUT2D eigenvalue weighted by molar-refractivity contribution is 0.102. The number of rotatable bonds is 5. The Morgan fingerprint density at radius 3 is 1.97 bits per heavy atom. The number of nitrogens with zero attached hydrogens (tertiary/aromatic N) is 2. The molecule has 0 saturated heterocycles. The van der Waals surface area contributed by atoms with Gasteiger partial charge in [0.1, 0.15) is 0 Å². The summed E-state index contributed by atoms with van der Waals surface area (Å²) in [4.78, 5) is 25.3. The molecule has 0 bridgehead atoms. The molecule has 0 saturated carbocycles. The molecule has 0 fully saturated rings. The number of carbonyl (C=O) groups is 2. The zero-order chi connectivity index (χ0) is 22.5. The number of hydrogen-bond donors (Lipinski definition) is 3. The first-order valence-corrected chi connectivity index (χ1v) is 10.2. The number of para-hydroxylation sites is 2. The van der Waals surface area contributed by atoms with E-state index in [0.717, 1.165) is 11.4 Å². The largest absolute Gasteiger partial charge is 0.323 e. The maximum Gasteiger partial charge on any atom is 0.323 e. The Kier molecular flexibility index (Phi) is 5.98. The monoisotopic (exact) mass is 425 g/mol. The van der Waals surface area contributed by atoms with Gasteiger partial charge in [-0.15, -0.1) is 0 Å². The van der Waals surface area contributed by atoms with Gasteiger partial charge in [-0.1, -0.05) is 42.5 Å². The summed E-state index contributed by atoms with van der Waals surface area (Å²) in [5.74, 6) is -0.256. The summed E-state index contributed by atoms with van der Waals surface area (Å²) in [6, 6.07) is 25.5. The molecule has 160 valence electrons. The normalized spacial score (nSPS) is 10.4. The highest BCUT2D eigenvalue weighted by atomic mass is 16.2. The average molecular weight is 425 g/mol. The fraction of sp³-hybridized carbons (Fsp3) is 0.0800. The van der Waals surface area contributed by atoms with Crippen LogP contribution in [0.5, 0.6) is 0 Å². The fourth-order valence-corrected chi connectivity index (χ4v) is 3.48. The maximum atomic E-state index is 13.0. The number of benzene rings is 3. The standard InChI is InChI=1S/C25H23N5O2/c1-17-23(18(2)30(29-17)22-14-7-4-8-15-22)24(31)26-20-12-9-13-21(16-20)28-25(32)27-19-10-5-3-6-11-19/h3-16H,1-2H3,(H,26,31)(H2,27,28,32). The molecule has 0 unspecified atom stereocenters. The number of nitrogens with one attached hydrogen (secondary N) is 3. The molecule has 1 aromatic heterocycles. The van der Waals surface area contributed by atoms with Crippen molar-refractivity contribution < 1.29 is 9.59 Å². The van der Waals surface area contributed by atoms with E-state index in [2.05, 4.69) is 21.0 Å². The Bertz CT molecular complexity index is 1250. The van der Waals surface area contributed by atoms with Gasteiger partial charge in [-0.2, -0.15) is 5.10 Å². The van der Waals surface area contributed by atoms with Crippen molar-refractivity contribution in [1.82, 2.24) is 9.78 Å². The number of anilines is 3. The second-order valence-corrected chi connectivity index (χ2v) is 7.27. The summed E-state index contributed by atoms with van der Waals surface area (Å²) < 4.78 is 1.76. The molecule has 32 heavy (non-hydrogen) atoms. The average Bonchev–Trinajstić information content (AvgIpc) is 3.09. The van der Waals surface area contributed by atoms with E-state index in [0.29, 0.717) is 28.3 Å². The molecule has 0 aliphatic carbocycles. The number of carbonyl (C=O) groups excluding carboxylic acids is 2. The molecule has 0 atom stereocenters. The Balaban J connectivity index is 1.47. The van der Waals surface area contributed by atoms with Gasteiger partial charge in [-0.3, -0.25) is 4.79 Å². The van der Waals surface area contributed by atoms with Crippen molar-refractivity contribution in [3.63, 3.8) is 0 Å². The van der Waals surface area contributed by atoms with E-state index in [-0.39, 0.29) is 11.9 Å². The van der Waals surface area contributed by atoms with E-state index >= 15 is 0 Å². The van der Waals surface area contributed by atoms with Crippen LogP contribution in [-0.4, -0.2) is 21.7 Å². The molecule has 7 nitrogen and oxygen atoms in total. The van der Waals surface area contributed by atoms with Gasteiger partial charge < -0.3 is 16.0 Å². The molecule has 4 aromatic rings. The number of amides is 3. The van der Waals surface area contributed by atoms with Crippen molar-refractivity contribution in [2.24, 2.45) is 0 Å².